The third kappa shape index (κ3) is 1.48. The molecule has 2 aromatic rings. The Morgan fingerprint density at radius 1 is 1.38 bits per heavy atom. The van der Waals surface area contributed by atoms with Gasteiger partial charge < -0.3 is 5.73 Å². The molecule has 5 nitrogen and oxygen atoms in total. The summed E-state index contributed by atoms with van der Waals surface area (Å²) in [5.74, 6) is 0.501. The van der Waals surface area contributed by atoms with Crippen molar-refractivity contribution in [3.8, 4) is 5.69 Å². The van der Waals surface area contributed by atoms with Gasteiger partial charge in [-0.1, -0.05) is 5.21 Å². The Morgan fingerprint density at radius 2 is 2.23 bits per heavy atom. The first-order valence-electron chi connectivity index (χ1n) is 3.86. The second-order valence-corrected chi connectivity index (χ2v) is 2.75. The number of pyridine rings is 1. The molecule has 5 heteroatoms. The first-order chi connectivity index (χ1) is 6.25. The Balaban J connectivity index is 2.41. The first-order valence-corrected chi connectivity index (χ1v) is 3.86. The minimum Gasteiger partial charge on any atom is -0.384 e. The summed E-state index contributed by atoms with van der Waals surface area (Å²) in [7, 11) is 0. The van der Waals surface area contributed by atoms with Crippen LogP contribution in [0.25, 0.3) is 5.69 Å². The molecule has 0 spiro atoms. The van der Waals surface area contributed by atoms with Crippen LogP contribution in [0.1, 0.15) is 5.69 Å². The second kappa shape index (κ2) is 2.85. The molecule has 0 unspecified atom stereocenters. The van der Waals surface area contributed by atoms with Gasteiger partial charge in [-0.25, -0.2) is 9.67 Å². The van der Waals surface area contributed by atoms with E-state index in [1.165, 1.54) is 0 Å². The monoisotopic (exact) mass is 175 g/mol. The molecule has 66 valence electrons. The van der Waals surface area contributed by atoms with Crippen LogP contribution in [0.15, 0.2) is 24.5 Å². The zero-order valence-electron chi connectivity index (χ0n) is 7.18. The van der Waals surface area contributed by atoms with Gasteiger partial charge in [-0.3, -0.25) is 0 Å². The van der Waals surface area contributed by atoms with Gasteiger partial charge >= 0.3 is 0 Å². The standard InChI is InChI=1S/C8H9N5/c1-6-5-13(12-11-6)7-2-3-8(9)10-4-7/h2-5H,1H3,(H2,9,10). The molecular weight excluding hydrogens is 166 g/mol. The molecule has 2 heterocycles. The van der Waals surface area contributed by atoms with E-state index in [0.717, 1.165) is 11.4 Å². The minimum atomic E-state index is 0.501. The predicted molar refractivity (Wildman–Crippen MR) is 48.3 cm³/mol. The molecule has 0 aliphatic rings. The Kier molecular flexibility index (Phi) is 1.70. The van der Waals surface area contributed by atoms with E-state index in [1.807, 2.05) is 19.2 Å². The van der Waals surface area contributed by atoms with Crippen LogP contribution >= 0.6 is 0 Å². The highest BCUT2D eigenvalue weighted by atomic mass is 15.4. The molecule has 0 saturated heterocycles. The molecule has 2 rings (SSSR count). The lowest BCUT2D eigenvalue weighted by Gasteiger charge is -1.98. The van der Waals surface area contributed by atoms with E-state index in [9.17, 15) is 0 Å². The van der Waals surface area contributed by atoms with Crippen LogP contribution in [0.2, 0.25) is 0 Å². The van der Waals surface area contributed by atoms with Crippen molar-refractivity contribution < 1.29 is 0 Å². The molecule has 0 aromatic carbocycles. The first kappa shape index (κ1) is 7.72. The zero-order chi connectivity index (χ0) is 9.26. The lowest BCUT2D eigenvalue weighted by molar-refractivity contribution is 0.797. The van der Waals surface area contributed by atoms with Crippen LogP contribution in [0.5, 0.6) is 0 Å². The second-order valence-electron chi connectivity index (χ2n) is 2.75. The predicted octanol–water partition coefficient (Wildman–Crippen LogP) is 0.553. The summed E-state index contributed by atoms with van der Waals surface area (Å²) < 4.78 is 1.65. The molecular formula is C8H9N5. The summed E-state index contributed by atoms with van der Waals surface area (Å²) in [5, 5.41) is 7.77. The molecule has 0 bridgehead atoms. The van der Waals surface area contributed by atoms with Gasteiger partial charge in [0.2, 0.25) is 0 Å². The van der Waals surface area contributed by atoms with E-state index < -0.39 is 0 Å². The summed E-state index contributed by atoms with van der Waals surface area (Å²) in [6.07, 6.45) is 3.48. The van der Waals surface area contributed by atoms with Gasteiger partial charge in [0, 0.05) is 0 Å². The van der Waals surface area contributed by atoms with Gasteiger partial charge in [-0.05, 0) is 19.1 Å². The lowest BCUT2D eigenvalue weighted by Crippen LogP contribution is -1.97. The van der Waals surface area contributed by atoms with Gasteiger partial charge in [0.1, 0.15) is 5.82 Å². The van der Waals surface area contributed by atoms with Crippen molar-refractivity contribution >= 4 is 5.82 Å². The third-order valence-electron chi connectivity index (χ3n) is 1.64. The average Bonchev–Trinajstić information content (AvgIpc) is 2.53. The number of hydrogen-bond donors (Lipinski definition) is 1. The maximum atomic E-state index is 5.45. The van der Waals surface area contributed by atoms with E-state index in [1.54, 1.807) is 16.9 Å². The maximum Gasteiger partial charge on any atom is 0.123 e. The Hall–Kier alpha value is -1.91. The number of aromatic nitrogens is 4. The molecule has 0 atom stereocenters. The van der Waals surface area contributed by atoms with Crippen molar-refractivity contribution in [3.05, 3.63) is 30.2 Å². The van der Waals surface area contributed by atoms with E-state index in [0.29, 0.717) is 5.82 Å². The van der Waals surface area contributed by atoms with Crippen LogP contribution in [-0.2, 0) is 0 Å². The maximum absolute atomic E-state index is 5.45. The van der Waals surface area contributed by atoms with Crippen molar-refractivity contribution in [2.75, 3.05) is 5.73 Å². The van der Waals surface area contributed by atoms with Crippen LogP contribution < -0.4 is 5.73 Å². The van der Waals surface area contributed by atoms with Crippen molar-refractivity contribution in [2.45, 2.75) is 6.92 Å². The lowest BCUT2D eigenvalue weighted by atomic mass is 10.4. The van der Waals surface area contributed by atoms with E-state index in [-0.39, 0.29) is 0 Å². The molecule has 0 amide bonds. The molecule has 0 aliphatic carbocycles. The zero-order valence-corrected chi connectivity index (χ0v) is 7.18. The molecule has 2 aromatic heterocycles. The van der Waals surface area contributed by atoms with Crippen LogP contribution in [0.4, 0.5) is 5.82 Å². The highest BCUT2D eigenvalue weighted by Gasteiger charge is 1.98. The van der Waals surface area contributed by atoms with Crippen LogP contribution in [-0.4, -0.2) is 20.0 Å². The Morgan fingerprint density at radius 3 is 2.77 bits per heavy atom. The highest BCUT2D eigenvalue weighted by Crippen LogP contribution is 2.06. The summed E-state index contributed by atoms with van der Waals surface area (Å²) in [6, 6.07) is 3.57. The van der Waals surface area contributed by atoms with Crippen molar-refractivity contribution in [1.82, 2.24) is 20.0 Å². The number of nitrogen functional groups attached to an aromatic ring is 1. The quantitative estimate of drug-likeness (QED) is 0.687. The van der Waals surface area contributed by atoms with Crippen LogP contribution in [0, 0.1) is 6.92 Å². The van der Waals surface area contributed by atoms with Gasteiger partial charge in [-0.2, -0.15) is 0 Å². The SMILES string of the molecule is Cc1cn(-c2ccc(N)nc2)nn1. The summed E-state index contributed by atoms with van der Waals surface area (Å²) in [6.45, 7) is 1.88. The third-order valence-corrected chi connectivity index (χ3v) is 1.64. The number of nitrogens with two attached hydrogens (primary N) is 1. The fourth-order valence-corrected chi connectivity index (χ4v) is 1.01. The average molecular weight is 175 g/mol. The van der Waals surface area contributed by atoms with Crippen molar-refractivity contribution in [3.63, 3.8) is 0 Å². The summed E-state index contributed by atoms with van der Waals surface area (Å²) in [4.78, 5) is 3.95. The molecule has 13 heavy (non-hydrogen) atoms. The van der Waals surface area contributed by atoms with Crippen molar-refractivity contribution in [1.29, 1.82) is 0 Å². The van der Waals surface area contributed by atoms with Crippen LogP contribution in [0.3, 0.4) is 0 Å². The molecule has 0 radical (unpaired) electrons. The van der Waals surface area contributed by atoms with Gasteiger partial charge in [0.15, 0.2) is 0 Å². The number of hydrogen-bond acceptors (Lipinski definition) is 4. The van der Waals surface area contributed by atoms with E-state index in [4.69, 9.17) is 5.73 Å². The van der Waals surface area contributed by atoms with Gasteiger partial charge in [-0.15, -0.1) is 5.10 Å². The number of nitrogens with zero attached hydrogens (tertiary/aromatic N) is 4. The van der Waals surface area contributed by atoms with E-state index >= 15 is 0 Å². The Labute approximate surface area is 75.2 Å². The summed E-state index contributed by atoms with van der Waals surface area (Å²) in [5.41, 5.74) is 7.18. The van der Waals surface area contributed by atoms with Crippen molar-refractivity contribution in [2.24, 2.45) is 0 Å². The van der Waals surface area contributed by atoms with E-state index in [2.05, 4.69) is 15.3 Å². The number of anilines is 1. The molecule has 0 saturated carbocycles. The largest absolute Gasteiger partial charge is 0.384 e. The fourth-order valence-electron chi connectivity index (χ4n) is 1.01. The molecule has 0 aliphatic heterocycles. The fraction of sp³-hybridized carbons (Fsp3) is 0.125. The van der Waals surface area contributed by atoms with Gasteiger partial charge in [0.05, 0.1) is 23.8 Å². The highest BCUT2D eigenvalue weighted by molar-refractivity contribution is 5.36. The topological polar surface area (TPSA) is 69.6 Å². The smallest absolute Gasteiger partial charge is 0.123 e. The molecule has 2 N–H and O–H groups in total. The summed E-state index contributed by atoms with van der Waals surface area (Å²) >= 11 is 0. The number of rotatable bonds is 1. The number of aryl methyl sites for hydroxylation is 1. The minimum absolute atomic E-state index is 0.501. The molecule has 0 fully saturated rings. The normalized spacial score (nSPS) is 10.2. The van der Waals surface area contributed by atoms with Gasteiger partial charge in [0.25, 0.3) is 0 Å². The Bertz CT molecular complexity index is 403.